The third-order valence-electron chi connectivity index (χ3n) is 5.16. The number of unbranched alkanes of at least 4 members (excludes halogenated alkanes) is 6. The van der Waals surface area contributed by atoms with Gasteiger partial charge in [0.1, 0.15) is 0 Å². The molecule has 0 unspecified atom stereocenters. The van der Waals surface area contributed by atoms with Gasteiger partial charge in [-0.15, -0.1) is 22.7 Å². The highest BCUT2D eigenvalue weighted by Crippen LogP contribution is 2.45. The van der Waals surface area contributed by atoms with E-state index in [-0.39, 0.29) is 0 Å². The van der Waals surface area contributed by atoms with Crippen LogP contribution in [0.5, 0.6) is 0 Å². The summed E-state index contributed by atoms with van der Waals surface area (Å²) < 4.78 is 5.59. The Kier molecular flexibility index (Phi) is 8.04. The fourth-order valence-electron chi connectivity index (χ4n) is 3.82. The molecule has 142 valence electrons. The molecular weight excluding hydrogens is 488 g/mol. The van der Waals surface area contributed by atoms with Crippen LogP contribution in [0.25, 0.3) is 20.2 Å². The Bertz CT molecular complexity index is 735. The molecule has 0 spiro atoms. The van der Waals surface area contributed by atoms with Crippen molar-refractivity contribution in [2.45, 2.75) is 78.1 Å². The molecule has 2 aromatic heterocycles. The summed E-state index contributed by atoms with van der Waals surface area (Å²) in [5.41, 5.74) is 3.17. The summed E-state index contributed by atoms with van der Waals surface area (Å²) in [6.07, 6.45) is 13.0. The van der Waals surface area contributed by atoms with E-state index in [0.717, 1.165) is 0 Å². The summed E-state index contributed by atoms with van der Waals surface area (Å²) in [4.78, 5) is 0. The van der Waals surface area contributed by atoms with Crippen molar-refractivity contribution < 1.29 is 0 Å². The van der Waals surface area contributed by atoms with Gasteiger partial charge in [-0.2, -0.15) is 0 Å². The first-order chi connectivity index (χ1) is 12.7. The first-order valence-corrected chi connectivity index (χ1v) is 13.2. The number of rotatable bonds is 10. The Morgan fingerprint density at radius 3 is 1.46 bits per heavy atom. The van der Waals surface area contributed by atoms with E-state index in [2.05, 4.69) is 57.8 Å². The predicted octanol–water partition coefficient (Wildman–Crippen LogP) is 9.89. The molecule has 0 amide bonds. The summed E-state index contributed by atoms with van der Waals surface area (Å²) in [6.45, 7) is 4.58. The maximum absolute atomic E-state index is 3.77. The van der Waals surface area contributed by atoms with E-state index in [1.54, 1.807) is 11.1 Å². The molecule has 1 aromatic carbocycles. The van der Waals surface area contributed by atoms with Crippen molar-refractivity contribution in [3.8, 4) is 0 Å². The molecule has 2 heterocycles. The van der Waals surface area contributed by atoms with Gasteiger partial charge in [0.25, 0.3) is 0 Å². The third kappa shape index (κ3) is 4.74. The van der Waals surface area contributed by atoms with E-state index in [1.807, 2.05) is 22.7 Å². The van der Waals surface area contributed by atoms with Crippen molar-refractivity contribution >= 4 is 74.7 Å². The minimum atomic E-state index is 1.21. The first-order valence-electron chi connectivity index (χ1n) is 9.97. The van der Waals surface area contributed by atoms with Gasteiger partial charge >= 0.3 is 0 Å². The van der Waals surface area contributed by atoms with Gasteiger partial charge in [0.2, 0.25) is 0 Å². The third-order valence-corrected chi connectivity index (χ3v) is 8.56. The Morgan fingerprint density at radius 1 is 0.654 bits per heavy atom. The lowest BCUT2D eigenvalue weighted by Crippen LogP contribution is -1.93. The van der Waals surface area contributed by atoms with Crippen molar-refractivity contribution in [2.24, 2.45) is 0 Å². The smallest absolute Gasteiger partial charge is 0.0711 e. The van der Waals surface area contributed by atoms with Gasteiger partial charge in [-0.3, -0.25) is 0 Å². The van der Waals surface area contributed by atoms with Crippen molar-refractivity contribution in [2.75, 3.05) is 0 Å². The topological polar surface area (TPSA) is 0 Å². The number of aryl methyl sites for hydroxylation is 2. The molecule has 3 rings (SSSR count). The van der Waals surface area contributed by atoms with Crippen molar-refractivity contribution in [1.82, 2.24) is 0 Å². The molecule has 0 saturated heterocycles. The molecule has 0 bridgehead atoms. The van der Waals surface area contributed by atoms with E-state index in [4.69, 9.17) is 0 Å². The van der Waals surface area contributed by atoms with Crippen LogP contribution < -0.4 is 0 Å². The Labute approximate surface area is 182 Å². The zero-order valence-corrected chi connectivity index (χ0v) is 20.6. The predicted molar refractivity (Wildman–Crippen MR) is 128 cm³/mol. The van der Waals surface area contributed by atoms with Crippen molar-refractivity contribution in [1.29, 1.82) is 0 Å². The maximum Gasteiger partial charge on any atom is 0.0711 e. The van der Waals surface area contributed by atoms with Crippen LogP contribution in [0.1, 0.15) is 76.3 Å². The molecule has 0 N–H and O–H groups in total. The quantitative estimate of drug-likeness (QED) is 0.235. The number of hydrogen-bond acceptors (Lipinski definition) is 2. The summed E-state index contributed by atoms with van der Waals surface area (Å²) in [5, 5.41) is 3.01. The zero-order chi connectivity index (χ0) is 18.5. The summed E-state index contributed by atoms with van der Waals surface area (Å²) in [7, 11) is 0. The van der Waals surface area contributed by atoms with Crippen LogP contribution in [0.15, 0.2) is 19.7 Å². The van der Waals surface area contributed by atoms with Crippen LogP contribution >= 0.6 is 54.5 Å². The fraction of sp³-hybridized carbons (Fsp3) is 0.545. The molecule has 0 aliphatic carbocycles. The number of halogens is 2. The largest absolute Gasteiger partial charge is 0.128 e. The number of thiophene rings is 2. The first kappa shape index (κ1) is 20.8. The van der Waals surface area contributed by atoms with Crippen LogP contribution in [0.3, 0.4) is 0 Å². The van der Waals surface area contributed by atoms with Gasteiger partial charge in [0, 0.05) is 9.40 Å². The molecule has 0 saturated carbocycles. The lowest BCUT2D eigenvalue weighted by atomic mass is 9.95. The summed E-state index contributed by atoms with van der Waals surface area (Å²) in [5.74, 6) is 0. The lowest BCUT2D eigenvalue weighted by Gasteiger charge is -2.11. The van der Waals surface area contributed by atoms with Gasteiger partial charge in [0.05, 0.1) is 7.57 Å². The van der Waals surface area contributed by atoms with Crippen molar-refractivity contribution in [3.63, 3.8) is 0 Å². The van der Waals surface area contributed by atoms with Crippen molar-refractivity contribution in [3.05, 3.63) is 30.8 Å². The van der Waals surface area contributed by atoms with Crippen LogP contribution in [0, 0.1) is 0 Å². The highest BCUT2D eigenvalue weighted by atomic mass is 79.9. The van der Waals surface area contributed by atoms with E-state index in [1.165, 1.54) is 92.0 Å². The fourth-order valence-corrected chi connectivity index (χ4v) is 7.24. The van der Waals surface area contributed by atoms with Crippen LogP contribution in [0.4, 0.5) is 0 Å². The van der Waals surface area contributed by atoms with Gasteiger partial charge in [-0.25, -0.2) is 0 Å². The molecule has 4 heteroatoms. The second kappa shape index (κ2) is 10.0. The normalized spacial score (nSPS) is 11.8. The van der Waals surface area contributed by atoms with Gasteiger partial charge in [-0.1, -0.05) is 52.4 Å². The molecule has 0 atom stereocenters. The van der Waals surface area contributed by atoms with Crippen LogP contribution in [-0.2, 0) is 12.8 Å². The van der Waals surface area contributed by atoms with E-state index >= 15 is 0 Å². The molecule has 0 aliphatic rings. The number of hydrogen-bond donors (Lipinski definition) is 0. The molecular formula is C22H28Br2S2. The van der Waals surface area contributed by atoms with Gasteiger partial charge in [-0.05, 0) is 91.6 Å². The van der Waals surface area contributed by atoms with Gasteiger partial charge < -0.3 is 0 Å². The van der Waals surface area contributed by atoms with E-state index in [9.17, 15) is 0 Å². The van der Waals surface area contributed by atoms with Crippen LogP contribution in [-0.4, -0.2) is 0 Å². The molecule has 0 fully saturated rings. The van der Waals surface area contributed by atoms with Gasteiger partial charge in [0.15, 0.2) is 0 Å². The number of benzene rings is 1. The second-order valence-electron chi connectivity index (χ2n) is 7.17. The minimum Gasteiger partial charge on any atom is -0.128 e. The lowest BCUT2D eigenvalue weighted by molar-refractivity contribution is 0.668. The molecule has 0 radical (unpaired) electrons. The number of fused-ring (bicyclic) bond motifs is 2. The minimum absolute atomic E-state index is 1.21. The average Bonchev–Trinajstić information content (AvgIpc) is 3.18. The Hall–Kier alpha value is 0.1000. The summed E-state index contributed by atoms with van der Waals surface area (Å²) >= 11 is 11.4. The Morgan fingerprint density at radius 2 is 1.08 bits per heavy atom. The highest BCUT2D eigenvalue weighted by molar-refractivity contribution is 9.11. The van der Waals surface area contributed by atoms with Crippen LogP contribution in [0.2, 0.25) is 0 Å². The summed E-state index contributed by atoms with van der Waals surface area (Å²) in [6, 6.07) is 4.75. The Balaban J connectivity index is 2.02. The molecule has 0 aliphatic heterocycles. The maximum atomic E-state index is 3.77. The second-order valence-corrected chi connectivity index (χ2v) is 12.0. The molecule has 26 heavy (non-hydrogen) atoms. The monoisotopic (exact) mass is 514 g/mol. The van der Waals surface area contributed by atoms with E-state index in [0.29, 0.717) is 0 Å². The standard InChI is InChI=1S/C22H28Br2S2/c1-3-5-7-9-11-15-17-13-19(23)26-22(17)16(12-10-8-6-4-2)18-14-20(24)25-21(15)18/h13-14H,3-12H2,1-2H3. The SMILES string of the molecule is CCCCCCc1c2cc(Br)sc2c(CCCCCC)c2cc(Br)sc12. The van der Waals surface area contributed by atoms with E-state index < -0.39 is 0 Å². The average molecular weight is 516 g/mol. The molecule has 0 nitrogen and oxygen atoms in total. The highest BCUT2D eigenvalue weighted by Gasteiger charge is 2.18. The zero-order valence-electron chi connectivity index (χ0n) is 15.8. The molecule has 3 aromatic rings.